The molecule has 7 heteroatoms. The number of para-hydroxylation sites is 1. The molecule has 0 radical (unpaired) electrons. The van der Waals surface area contributed by atoms with Gasteiger partial charge in [-0.1, -0.05) is 66.7 Å². The van der Waals surface area contributed by atoms with E-state index in [1.54, 1.807) is 24.3 Å². The second kappa shape index (κ2) is 11.2. The number of carbonyl (C=O) groups excluding carboxylic acids is 2. The zero-order valence-electron chi connectivity index (χ0n) is 20.0. The molecule has 1 unspecified atom stereocenters. The molecule has 0 fully saturated rings. The summed E-state index contributed by atoms with van der Waals surface area (Å²) in [5.41, 5.74) is 9.58. The van der Waals surface area contributed by atoms with Crippen LogP contribution in [0.4, 0.5) is 0 Å². The van der Waals surface area contributed by atoms with Gasteiger partial charge in [-0.05, 0) is 53.1 Å². The minimum atomic E-state index is -0.895. The van der Waals surface area contributed by atoms with Gasteiger partial charge in [0.2, 0.25) is 5.78 Å². The molecular formula is C30H25N3O3S. The number of amides is 1. The number of fused-ring (bicyclic) bond motifs is 1. The highest BCUT2D eigenvalue weighted by atomic mass is 32.1. The van der Waals surface area contributed by atoms with E-state index in [2.05, 4.69) is 10.3 Å². The Labute approximate surface area is 218 Å². The van der Waals surface area contributed by atoms with Gasteiger partial charge in [0, 0.05) is 12.1 Å². The summed E-state index contributed by atoms with van der Waals surface area (Å²) in [5.74, 6) is 0.0229. The van der Waals surface area contributed by atoms with Crippen LogP contribution in [0.25, 0.3) is 10.2 Å². The summed E-state index contributed by atoms with van der Waals surface area (Å²) in [7, 11) is 0. The van der Waals surface area contributed by atoms with Crippen molar-refractivity contribution in [2.24, 2.45) is 5.73 Å². The fourth-order valence-corrected chi connectivity index (χ4v) is 4.84. The van der Waals surface area contributed by atoms with Crippen molar-refractivity contribution in [1.82, 2.24) is 10.3 Å². The van der Waals surface area contributed by atoms with Crippen molar-refractivity contribution < 1.29 is 14.3 Å². The van der Waals surface area contributed by atoms with E-state index >= 15 is 0 Å². The fourth-order valence-electron chi connectivity index (χ4n) is 3.91. The third kappa shape index (κ3) is 5.74. The minimum Gasteiger partial charge on any atom is -0.489 e. The van der Waals surface area contributed by atoms with Gasteiger partial charge < -0.3 is 15.8 Å². The molecule has 37 heavy (non-hydrogen) atoms. The van der Waals surface area contributed by atoms with Gasteiger partial charge in [-0.3, -0.25) is 9.59 Å². The van der Waals surface area contributed by atoms with Crippen LogP contribution in [0.15, 0.2) is 103 Å². The first kappa shape index (κ1) is 24.4. The summed E-state index contributed by atoms with van der Waals surface area (Å²) < 4.78 is 6.74. The van der Waals surface area contributed by atoms with Crippen LogP contribution in [0.2, 0.25) is 0 Å². The number of benzene rings is 4. The van der Waals surface area contributed by atoms with Crippen LogP contribution in [0.3, 0.4) is 0 Å². The number of ketones is 1. The predicted molar refractivity (Wildman–Crippen MR) is 146 cm³/mol. The van der Waals surface area contributed by atoms with Crippen LogP contribution in [0.5, 0.6) is 5.75 Å². The van der Waals surface area contributed by atoms with E-state index in [4.69, 9.17) is 10.5 Å². The third-order valence-electron chi connectivity index (χ3n) is 5.96. The Balaban J connectivity index is 1.35. The highest BCUT2D eigenvalue weighted by Crippen LogP contribution is 2.27. The quantitative estimate of drug-likeness (QED) is 0.250. The van der Waals surface area contributed by atoms with Crippen molar-refractivity contribution >= 4 is 33.2 Å². The lowest BCUT2D eigenvalue weighted by Gasteiger charge is -2.18. The highest BCUT2D eigenvalue weighted by Gasteiger charge is 2.27. The maximum absolute atomic E-state index is 13.6. The molecule has 1 heterocycles. The molecule has 4 aromatic carbocycles. The number of aromatic nitrogens is 1. The van der Waals surface area contributed by atoms with Crippen LogP contribution >= 0.6 is 11.3 Å². The number of hydrogen-bond acceptors (Lipinski definition) is 6. The summed E-state index contributed by atoms with van der Waals surface area (Å²) in [6.07, 6.45) is 0. The largest absolute Gasteiger partial charge is 0.489 e. The molecule has 0 aliphatic carbocycles. The third-order valence-corrected chi connectivity index (χ3v) is 7.01. The molecule has 1 atom stereocenters. The van der Waals surface area contributed by atoms with Crippen molar-refractivity contribution in [2.75, 3.05) is 0 Å². The summed E-state index contributed by atoms with van der Waals surface area (Å²) in [6, 6.07) is 30.8. The van der Waals surface area contributed by atoms with E-state index in [1.807, 2.05) is 78.9 Å². The normalized spacial score (nSPS) is 11.7. The smallest absolute Gasteiger partial charge is 0.252 e. The SMILES string of the molecule is NCc1ccc(C(NC(=O)c2ccc(OCc3ccccc3)cc2)C(=O)c2nc3ccccc3s2)cc1. The second-order valence-electron chi connectivity index (χ2n) is 8.50. The number of nitrogens with one attached hydrogen (secondary N) is 1. The first-order valence-corrected chi connectivity index (χ1v) is 12.7. The van der Waals surface area contributed by atoms with Crippen molar-refractivity contribution in [2.45, 2.75) is 19.2 Å². The van der Waals surface area contributed by atoms with Crippen LogP contribution < -0.4 is 15.8 Å². The van der Waals surface area contributed by atoms with Crippen LogP contribution in [-0.4, -0.2) is 16.7 Å². The zero-order chi connectivity index (χ0) is 25.6. The number of hydrogen-bond donors (Lipinski definition) is 2. The maximum Gasteiger partial charge on any atom is 0.252 e. The van der Waals surface area contributed by atoms with Gasteiger partial charge in [0.15, 0.2) is 5.01 Å². The van der Waals surface area contributed by atoms with Crippen molar-refractivity contribution in [3.63, 3.8) is 0 Å². The van der Waals surface area contributed by atoms with Gasteiger partial charge in [-0.25, -0.2) is 4.98 Å². The molecule has 5 rings (SSSR count). The molecule has 5 aromatic rings. The Hall–Kier alpha value is -4.33. The van der Waals surface area contributed by atoms with E-state index in [0.29, 0.717) is 35.0 Å². The number of thiazole rings is 1. The average molecular weight is 508 g/mol. The molecule has 0 saturated carbocycles. The van der Waals surface area contributed by atoms with E-state index in [1.165, 1.54) is 11.3 Å². The average Bonchev–Trinajstić information content (AvgIpc) is 3.40. The van der Waals surface area contributed by atoms with Gasteiger partial charge in [-0.15, -0.1) is 11.3 Å². The fraction of sp³-hybridized carbons (Fsp3) is 0.100. The first-order chi connectivity index (χ1) is 18.1. The summed E-state index contributed by atoms with van der Waals surface area (Å²) in [4.78, 5) is 31.3. The highest BCUT2D eigenvalue weighted by molar-refractivity contribution is 7.20. The second-order valence-corrected chi connectivity index (χ2v) is 9.53. The molecule has 1 amide bonds. The molecule has 1 aromatic heterocycles. The lowest BCUT2D eigenvalue weighted by atomic mass is 10.0. The lowest BCUT2D eigenvalue weighted by molar-refractivity contribution is 0.0857. The molecule has 0 saturated heterocycles. The predicted octanol–water partition coefficient (Wildman–Crippen LogP) is 5.69. The summed E-state index contributed by atoms with van der Waals surface area (Å²) >= 11 is 1.32. The Bertz CT molecular complexity index is 1480. The summed E-state index contributed by atoms with van der Waals surface area (Å²) in [5, 5.41) is 3.26. The van der Waals surface area contributed by atoms with Crippen LogP contribution in [0, 0.1) is 0 Å². The number of Topliss-reactive ketones (excluding diaryl/α,β-unsaturated/α-hetero) is 1. The van der Waals surface area contributed by atoms with E-state index in [9.17, 15) is 9.59 Å². The van der Waals surface area contributed by atoms with Gasteiger partial charge in [0.1, 0.15) is 18.4 Å². The van der Waals surface area contributed by atoms with Crippen molar-refractivity contribution in [3.8, 4) is 5.75 Å². The number of ether oxygens (including phenoxy) is 1. The molecule has 0 bridgehead atoms. The Morgan fingerprint density at radius 1 is 0.838 bits per heavy atom. The molecular weight excluding hydrogens is 482 g/mol. The zero-order valence-corrected chi connectivity index (χ0v) is 20.8. The standard InChI is InChI=1S/C30H25N3O3S/c31-18-20-10-12-22(13-11-20)27(28(34)30-32-25-8-4-5-9-26(25)37-30)33-29(35)23-14-16-24(17-15-23)36-19-21-6-2-1-3-7-21/h1-17,27H,18-19,31H2,(H,33,35). The Kier molecular flexibility index (Phi) is 7.35. The molecule has 184 valence electrons. The maximum atomic E-state index is 13.6. The van der Waals surface area contributed by atoms with Crippen LogP contribution in [0.1, 0.15) is 42.9 Å². The number of rotatable bonds is 9. The van der Waals surface area contributed by atoms with Crippen LogP contribution in [-0.2, 0) is 13.2 Å². The molecule has 6 nitrogen and oxygen atoms in total. The molecule has 0 aliphatic heterocycles. The monoisotopic (exact) mass is 507 g/mol. The Morgan fingerprint density at radius 2 is 1.54 bits per heavy atom. The van der Waals surface area contributed by atoms with Gasteiger partial charge in [0.05, 0.1) is 10.2 Å². The number of nitrogens with zero attached hydrogens (tertiary/aromatic N) is 1. The molecule has 3 N–H and O–H groups in total. The lowest BCUT2D eigenvalue weighted by Crippen LogP contribution is -2.34. The molecule has 0 spiro atoms. The first-order valence-electron chi connectivity index (χ1n) is 11.9. The minimum absolute atomic E-state index is 0.266. The summed E-state index contributed by atoms with van der Waals surface area (Å²) in [6.45, 7) is 0.825. The van der Waals surface area contributed by atoms with Gasteiger partial charge >= 0.3 is 0 Å². The number of carbonyl (C=O) groups is 2. The van der Waals surface area contributed by atoms with E-state index in [0.717, 1.165) is 21.3 Å². The number of nitrogens with two attached hydrogens (primary N) is 1. The Morgan fingerprint density at radius 3 is 2.24 bits per heavy atom. The van der Waals surface area contributed by atoms with Gasteiger partial charge in [-0.2, -0.15) is 0 Å². The van der Waals surface area contributed by atoms with Gasteiger partial charge in [0.25, 0.3) is 5.91 Å². The van der Waals surface area contributed by atoms with Crippen molar-refractivity contribution in [3.05, 3.63) is 130 Å². The van der Waals surface area contributed by atoms with E-state index in [-0.39, 0.29) is 11.7 Å². The van der Waals surface area contributed by atoms with Crippen molar-refractivity contribution in [1.29, 1.82) is 0 Å². The topological polar surface area (TPSA) is 94.3 Å². The molecule has 0 aliphatic rings. The van der Waals surface area contributed by atoms with E-state index < -0.39 is 6.04 Å².